The molecule has 102 valence electrons. The first-order valence-electron chi connectivity index (χ1n) is 7.24. The molecule has 0 atom stereocenters. The number of nitriles is 1. The summed E-state index contributed by atoms with van der Waals surface area (Å²) in [6.07, 6.45) is 6.77. The Labute approximate surface area is 115 Å². The standard InChI is InChI=1S/C16H22N2O/c17-14-15-6-8-16(9-7-15)19-13-12-18-10-4-2-1-3-5-11-18/h6-9H,1-5,10-13H2. The highest BCUT2D eigenvalue weighted by molar-refractivity contribution is 5.34. The molecule has 1 aliphatic rings. The molecule has 0 unspecified atom stereocenters. The second-order valence-corrected chi connectivity index (χ2v) is 5.09. The van der Waals surface area contributed by atoms with Crippen LogP contribution in [-0.2, 0) is 0 Å². The van der Waals surface area contributed by atoms with Gasteiger partial charge in [0.15, 0.2) is 0 Å². The summed E-state index contributed by atoms with van der Waals surface area (Å²) in [7, 11) is 0. The van der Waals surface area contributed by atoms with Crippen molar-refractivity contribution >= 4 is 0 Å². The van der Waals surface area contributed by atoms with Crippen molar-refractivity contribution in [2.45, 2.75) is 32.1 Å². The Morgan fingerprint density at radius 2 is 1.63 bits per heavy atom. The van der Waals surface area contributed by atoms with Gasteiger partial charge in [-0.25, -0.2) is 0 Å². The van der Waals surface area contributed by atoms with Crippen LogP contribution < -0.4 is 4.74 Å². The summed E-state index contributed by atoms with van der Waals surface area (Å²) >= 11 is 0. The molecule has 0 N–H and O–H groups in total. The lowest BCUT2D eigenvalue weighted by Gasteiger charge is -2.24. The molecule has 0 saturated carbocycles. The summed E-state index contributed by atoms with van der Waals surface area (Å²) in [6.45, 7) is 4.14. The van der Waals surface area contributed by atoms with Gasteiger partial charge < -0.3 is 4.74 Å². The van der Waals surface area contributed by atoms with Gasteiger partial charge in [0.2, 0.25) is 0 Å². The molecule has 1 saturated heterocycles. The first kappa shape index (κ1) is 13.9. The second kappa shape index (κ2) is 7.81. The number of likely N-dealkylation sites (tertiary alicyclic amines) is 1. The number of benzene rings is 1. The van der Waals surface area contributed by atoms with Gasteiger partial charge in [-0.15, -0.1) is 0 Å². The molecule has 3 heteroatoms. The van der Waals surface area contributed by atoms with Crippen LogP contribution in [0.3, 0.4) is 0 Å². The van der Waals surface area contributed by atoms with Crippen LogP contribution in [0.25, 0.3) is 0 Å². The van der Waals surface area contributed by atoms with Crippen molar-refractivity contribution in [1.29, 1.82) is 5.26 Å². The van der Waals surface area contributed by atoms with E-state index in [0.717, 1.165) is 18.9 Å². The van der Waals surface area contributed by atoms with Gasteiger partial charge in [0.1, 0.15) is 12.4 Å². The molecule has 0 radical (unpaired) electrons. The molecule has 0 bridgehead atoms. The maximum atomic E-state index is 8.73. The van der Waals surface area contributed by atoms with Gasteiger partial charge in [-0.1, -0.05) is 19.3 Å². The third kappa shape index (κ3) is 4.92. The largest absolute Gasteiger partial charge is 0.492 e. The molecule has 2 rings (SSSR count). The normalized spacial score (nSPS) is 17.2. The van der Waals surface area contributed by atoms with E-state index in [0.29, 0.717) is 5.56 Å². The van der Waals surface area contributed by atoms with Crippen LogP contribution >= 0.6 is 0 Å². The average Bonchev–Trinajstić information content (AvgIpc) is 2.42. The zero-order valence-electron chi connectivity index (χ0n) is 11.5. The molecule has 1 aromatic carbocycles. The van der Waals surface area contributed by atoms with E-state index in [4.69, 9.17) is 10.00 Å². The van der Waals surface area contributed by atoms with Crippen molar-refractivity contribution < 1.29 is 4.74 Å². The highest BCUT2D eigenvalue weighted by Gasteiger charge is 2.07. The van der Waals surface area contributed by atoms with Gasteiger partial charge in [-0.2, -0.15) is 5.26 Å². The van der Waals surface area contributed by atoms with Crippen LogP contribution in [0.5, 0.6) is 5.75 Å². The van der Waals surface area contributed by atoms with E-state index in [1.54, 1.807) is 12.1 Å². The van der Waals surface area contributed by atoms with Crippen LogP contribution in [0.1, 0.15) is 37.7 Å². The van der Waals surface area contributed by atoms with E-state index in [9.17, 15) is 0 Å². The van der Waals surface area contributed by atoms with Crippen molar-refractivity contribution in [3.05, 3.63) is 29.8 Å². The molecule has 3 nitrogen and oxygen atoms in total. The topological polar surface area (TPSA) is 36.3 Å². The van der Waals surface area contributed by atoms with Gasteiger partial charge in [0, 0.05) is 6.54 Å². The Hall–Kier alpha value is -1.53. The fraction of sp³-hybridized carbons (Fsp3) is 0.562. The van der Waals surface area contributed by atoms with Gasteiger partial charge in [0.25, 0.3) is 0 Å². The Balaban J connectivity index is 1.71. The molecule has 19 heavy (non-hydrogen) atoms. The lowest BCUT2D eigenvalue weighted by atomic mass is 10.1. The van der Waals surface area contributed by atoms with E-state index < -0.39 is 0 Å². The second-order valence-electron chi connectivity index (χ2n) is 5.09. The van der Waals surface area contributed by atoms with Crippen molar-refractivity contribution in [2.75, 3.05) is 26.2 Å². The van der Waals surface area contributed by atoms with Crippen molar-refractivity contribution in [2.24, 2.45) is 0 Å². The fourth-order valence-electron chi connectivity index (χ4n) is 2.45. The highest BCUT2D eigenvalue weighted by Crippen LogP contribution is 2.13. The number of ether oxygens (including phenoxy) is 1. The molecule has 0 aliphatic carbocycles. The number of hydrogen-bond donors (Lipinski definition) is 0. The SMILES string of the molecule is N#Cc1ccc(OCCN2CCCCCCC2)cc1. The van der Waals surface area contributed by atoms with Gasteiger partial charge in [-0.3, -0.25) is 4.90 Å². The van der Waals surface area contributed by atoms with Gasteiger partial charge in [-0.05, 0) is 50.2 Å². The summed E-state index contributed by atoms with van der Waals surface area (Å²) in [5.74, 6) is 0.853. The minimum atomic E-state index is 0.677. The predicted molar refractivity (Wildman–Crippen MR) is 76.2 cm³/mol. The molecule has 1 heterocycles. The van der Waals surface area contributed by atoms with Gasteiger partial charge >= 0.3 is 0 Å². The van der Waals surface area contributed by atoms with E-state index in [1.807, 2.05) is 12.1 Å². The maximum absolute atomic E-state index is 8.73. The summed E-state index contributed by atoms with van der Waals surface area (Å²) < 4.78 is 5.73. The Bertz CT molecular complexity index is 400. The number of nitrogens with zero attached hydrogens (tertiary/aromatic N) is 2. The smallest absolute Gasteiger partial charge is 0.119 e. The summed E-state index contributed by atoms with van der Waals surface area (Å²) in [5, 5.41) is 8.73. The molecular formula is C16H22N2O. The van der Waals surface area contributed by atoms with Gasteiger partial charge in [0.05, 0.1) is 11.6 Å². The van der Waals surface area contributed by atoms with Crippen LogP contribution in [0.15, 0.2) is 24.3 Å². The molecule has 1 fully saturated rings. The minimum Gasteiger partial charge on any atom is -0.492 e. The maximum Gasteiger partial charge on any atom is 0.119 e. The summed E-state index contributed by atoms with van der Waals surface area (Å²) in [6, 6.07) is 9.44. The Morgan fingerprint density at radius 1 is 1.00 bits per heavy atom. The van der Waals surface area contributed by atoms with E-state index >= 15 is 0 Å². The van der Waals surface area contributed by atoms with E-state index in [1.165, 1.54) is 45.2 Å². The number of rotatable bonds is 4. The first-order chi connectivity index (χ1) is 9.38. The molecular weight excluding hydrogens is 236 g/mol. The van der Waals surface area contributed by atoms with Crippen molar-refractivity contribution in [3.8, 4) is 11.8 Å². The molecule has 1 aromatic rings. The average molecular weight is 258 g/mol. The molecule has 1 aliphatic heterocycles. The predicted octanol–water partition coefficient (Wildman–Crippen LogP) is 3.20. The minimum absolute atomic E-state index is 0.677. The summed E-state index contributed by atoms with van der Waals surface area (Å²) in [5.41, 5.74) is 0.677. The Morgan fingerprint density at radius 3 is 2.26 bits per heavy atom. The highest BCUT2D eigenvalue weighted by atomic mass is 16.5. The molecule has 0 amide bonds. The zero-order valence-corrected chi connectivity index (χ0v) is 11.5. The third-order valence-electron chi connectivity index (χ3n) is 3.61. The third-order valence-corrected chi connectivity index (χ3v) is 3.61. The van der Waals surface area contributed by atoms with Crippen LogP contribution in [0, 0.1) is 11.3 Å². The van der Waals surface area contributed by atoms with Crippen LogP contribution in [-0.4, -0.2) is 31.1 Å². The van der Waals surface area contributed by atoms with E-state index in [2.05, 4.69) is 11.0 Å². The quantitative estimate of drug-likeness (QED) is 0.832. The lowest BCUT2D eigenvalue weighted by molar-refractivity contribution is 0.195. The first-order valence-corrected chi connectivity index (χ1v) is 7.24. The van der Waals surface area contributed by atoms with Crippen molar-refractivity contribution in [3.63, 3.8) is 0 Å². The van der Waals surface area contributed by atoms with Crippen molar-refractivity contribution in [1.82, 2.24) is 4.90 Å². The zero-order chi connectivity index (χ0) is 13.3. The lowest BCUT2D eigenvalue weighted by Crippen LogP contribution is -2.31. The molecule has 0 aromatic heterocycles. The fourth-order valence-corrected chi connectivity index (χ4v) is 2.45. The summed E-state index contributed by atoms with van der Waals surface area (Å²) in [4.78, 5) is 2.50. The number of hydrogen-bond acceptors (Lipinski definition) is 3. The monoisotopic (exact) mass is 258 g/mol. The van der Waals surface area contributed by atoms with Crippen LogP contribution in [0.2, 0.25) is 0 Å². The van der Waals surface area contributed by atoms with Crippen LogP contribution in [0.4, 0.5) is 0 Å². The van der Waals surface area contributed by atoms with E-state index in [-0.39, 0.29) is 0 Å². The Kier molecular flexibility index (Phi) is 5.71. The molecule has 0 spiro atoms.